The Kier molecular flexibility index (Phi) is 4.00. The smallest absolute Gasteiger partial charge is 0.00388 e. The van der Waals surface area contributed by atoms with Gasteiger partial charge in [-0.1, -0.05) is 30.7 Å². The first-order chi connectivity index (χ1) is 7.79. The first-order valence-electron chi connectivity index (χ1n) is 6.55. The van der Waals surface area contributed by atoms with Gasteiger partial charge in [-0.2, -0.15) is 0 Å². The van der Waals surface area contributed by atoms with Crippen LogP contribution in [0.1, 0.15) is 49.7 Å². The first-order valence-corrected chi connectivity index (χ1v) is 6.55. The molecule has 1 saturated carbocycles. The van der Waals surface area contributed by atoms with Crippen LogP contribution in [0.5, 0.6) is 0 Å². The monoisotopic (exact) mass is 217 g/mol. The third-order valence-electron chi connectivity index (χ3n) is 3.89. The van der Waals surface area contributed by atoms with Gasteiger partial charge in [-0.05, 0) is 56.7 Å². The van der Waals surface area contributed by atoms with Crippen LogP contribution >= 0.6 is 0 Å². The summed E-state index contributed by atoms with van der Waals surface area (Å²) in [6.45, 7) is 2.25. The molecule has 1 aromatic carbocycles. The Morgan fingerprint density at radius 2 is 2.19 bits per heavy atom. The van der Waals surface area contributed by atoms with Gasteiger partial charge in [0.05, 0.1) is 0 Å². The van der Waals surface area contributed by atoms with Gasteiger partial charge >= 0.3 is 0 Å². The fraction of sp³-hybridized carbons (Fsp3) is 0.600. The largest absolute Gasteiger partial charge is 0.317 e. The van der Waals surface area contributed by atoms with E-state index in [0.29, 0.717) is 6.04 Å². The van der Waals surface area contributed by atoms with Crippen molar-refractivity contribution in [3.63, 3.8) is 0 Å². The van der Waals surface area contributed by atoms with Crippen molar-refractivity contribution >= 4 is 0 Å². The Bertz CT molecular complexity index is 328. The van der Waals surface area contributed by atoms with Crippen LogP contribution in [-0.2, 0) is 6.42 Å². The molecule has 1 atom stereocenters. The number of rotatable bonds is 5. The van der Waals surface area contributed by atoms with Crippen molar-refractivity contribution < 1.29 is 0 Å². The predicted octanol–water partition coefficient (Wildman–Crippen LogP) is 3.49. The quantitative estimate of drug-likeness (QED) is 0.796. The average molecular weight is 217 g/mol. The first kappa shape index (κ1) is 11.7. The van der Waals surface area contributed by atoms with E-state index in [0.717, 1.165) is 5.92 Å². The second-order valence-electron chi connectivity index (χ2n) is 5.10. The molecule has 0 radical (unpaired) electrons. The molecule has 1 fully saturated rings. The lowest BCUT2D eigenvalue weighted by molar-refractivity contribution is 0.419. The van der Waals surface area contributed by atoms with Gasteiger partial charge in [0.15, 0.2) is 0 Å². The van der Waals surface area contributed by atoms with Crippen molar-refractivity contribution in [2.75, 3.05) is 7.05 Å². The predicted molar refractivity (Wildman–Crippen MR) is 69.9 cm³/mol. The van der Waals surface area contributed by atoms with Crippen LogP contribution in [0.2, 0.25) is 0 Å². The number of aryl methyl sites for hydroxylation is 1. The molecule has 1 N–H and O–H groups in total. The minimum absolute atomic E-state index is 0.618. The van der Waals surface area contributed by atoms with Gasteiger partial charge in [0.25, 0.3) is 0 Å². The van der Waals surface area contributed by atoms with Crippen molar-refractivity contribution in [2.24, 2.45) is 0 Å². The Morgan fingerprint density at radius 1 is 1.38 bits per heavy atom. The van der Waals surface area contributed by atoms with E-state index in [-0.39, 0.29) is 0 Å². The minimum atomic E-state index is 0.618. The molecule has 0 amide bonds. The molecule has 16 heavy (non-hydrogen) atoms. The molecular formula is C15H23N. The van der Waals surface area contributed by atoms with E-state index in [4.69, 9.17) is 0 Å². The summed E-state index contributed by atoms with van der Waals surface area (Å²) in [6, 6.07) is 9.84. The van der Waals surface area contributed by atoms with Crippen LogP contribution in [0, 0.1) is 0 Å². The minimum Gasteiger partial charge on any atom is -0.317 e. The zero-order valence-corrected chi connectivity index (χ0v) is 10.5. The van der Waals surface area contributed by atoms with E-state index >= 15 is 0 Å². The van der Waals surface area contributed by atoms with Gasteiger partial charge in [0, 0.05) is 6.04 Å². The van der Waals surface area contributed by atoms with Crippen LogP contribution in [0.3, 0.4) is 0 Å². The maximum Gasteiger partial charge on any atom is 0.00388 e. The topological polar surface area (TPSA) is 12.0 Å². The van der Waals surface area contributed by atoms with Gasteiger partial charge < -0.3 is 5.32 Å². The second kappa shape index (κ2) is 5.49. The molecule has 0 heterocycles. The summed E-state index contributed by atoms with van der Waals surface area (Å²) in [7, 11) is 2.04. The van der Waals surface area contributed by atoms with Crippen molar-refractivity contribution in [3.8, 4) is 0 Å². The Labute approximate surface area is 99.3 Å². The summed E-state index contributed by atoms with van der Waals surface area (Å²) in [5, 5.41) is 3.29. The van der Waals surface area contributed by atoms with Gasteiger partial charge in [-0.3, -0.25) is 0 Å². The van der Waals surface area contributed by atoms with E-state index in [2.05, 4.69) is 36.5 Å². The highest BCUT2D eigenvalue weighted by Crippen LogP contribution is 2.36. The van der Waals surface area contributed by atoms with Gasteiger partial charge in [-0.15, -0.1) is 0 Å². The van der Waals surface area contributed by atoms with Crippen molar-refractivity contribution in [2.45, 2.75) is 51.0 Å². The Morgan fingerprint density at radius 3 is 2.81 bits per heavy atom. The third-order valence-corrected chi connectivity index (χ3v) is 3.89. The van der Waals surface area contributed by atoms with Gasteiger partial charge in [-0.25, -0.2) is 0 Å². The highest BCUT2D eigenvalue weighted by atomic mass is 14.8. The summed E-state index contributed by atoms with van der Waals surface area (Å²) in [6.07, 6.45) is 6.64. The maximum absolute atomic E-state index is 3.29. The summed E-state index contributed by atoms with van der Waals surface area (Å²) in [4.78, 5) is 0. The van der Waals surface area contributed by atoms with Gasteiger partial charge in [0.1, 0.15) is 0 Å². The normalized spacial score (nSPS) is 18.1. The van der Waals surface area contributed by atoms with E-state index < -0.39 is 0 Å². The third kappa shape index (κ3) is 2.85. The maximum atomic E-state index is 3.29. The number of hydrogen-bond donors (Lipinski definition) is 1. The van der Waals surface area contributed by atoms with Gasteiger partial charge in [0.2, 0.25) is 0 Å². The zero-order chi connectivity index (χ0) is 11.4. The summed E-state index contributed by atoms with van der Waals surface area (Å²) in [5.74, 6) is 0.863. The van der Waals surface area contributed by atoms with Crippen LogP contribution < -0.4 is 5.32 Å². The molecule has 1 heteroatoms. The van der Waals surface area contributed by atoms with E-state index in [1.807, 2.05) is 7.05 Å². The molecule has 88 valence electrons. The standard InChI is InChI=1S/C15H23N/c1-12(16-2)9-10-13-5-3-8-15(11-13)14-6-4-7-14/h3,5,8,11-12,14,16H,4,6-7,9-10H2,1-2H3. The van der Waals surface area contributed by atoms with Crippen molar-refractivity contribution in [1.82, 2.24) is 5.32 Å². The van der Waals surface area contributed by atoms with E-state index in [1.165, 1.54) is 37.7 Å². The molecule has 0 bridgehead atoms. The lowest BCUT2D eigenvalue weighted by Gasteiger charge is -2.26. The number of hydrogen-bond acceptors (Lipinski definition) is 1. The summed E-state index contributed by atoms with van der Waals surface area (Å²) in [5.41, 5.74) is 3.08. The SMILES string of the molecule is CNC(C)CCc1cccc(C2CCC2)c1. The molecule has 0 aliphatic heterocycles. The fourth-order valence-electron chi connectivity index (χ4n) is 2.27. The molecular weight excluding hydrogens is 194 g/mol. The zero-order valence-electron chi connectivity index (χ0n) is 10.5. The molecule has 0 spiro atoms. The molecule has 0 aromatic heterocycles. The number of benzene rings is 1. The molecule has 1 unspecified atom stereocenters. The number of nitrogens with one attached hydrogen (secondary N) is 1. The summed E-state index contributed by atoms with van der Waals surface area (Å²) < 4.78 is 0. The fourth-order valence-corrected chi connectivity index (χ4v) is 2.27. The molecule has 2 rings (SSSR count). The second-order valence-corrected chi connectivity index (χ2v) is 5.10. The molecule has 0 saturated heterocycles. The van der Waals surface area contributed by atoms with Crippen LogP contribution in [0.4, 0.5) is 0 Å². The summed E-state index contributed by atoms with van der Waals surface area (Å²) >= 11 is 0. The Hall–Kier alpha value is -0.820. The van der Waals surface area contributed by atoms with Crippen LogP contribution in [0.15, 0.2) is 24.3 Å². The van der Waals surface area contributed by atoms with Crippen LogP contribution in [0.25, 0.3) is 0 Å². The Balaban J connectivity index is 1.93. The average Bonchev–Trinajstić information content (AvgIpc) is 2.24. The van der Waals surface area contributed by atoms with E-state index in [9.17, 15) is 0 Å². The van der Waals surface area contributed by atoms with Crippen molar-refractivity contribution in [3.05, 3.63) is 35.4 Å². The molecule has 1 aliphatic rings. The molecule has 1 nitrogen and oxygen atoms in total. The molecule has 1 aliphatic carbocycles. The highest BCUT2D eigenvalue weighted by molar-refractivity contribution is 5.27. The highest BCUT2D eigenvalue weighted by Gasteiger charge is 2.19. The molecule has 1 aromatic rings. The van der Waals surface area contributed by atoms with Crippen LogP contribution in [-0.4, -0.2) is 13.1 Å². The lowest BCUT2D eigenvalue weighted by atomic mass is 9.79. The van der Waals surface area contributed by atoms with E-state index in [1.54, 1.807) is 5.56 Å². The van der Waals surface area contributed by atoms with Crippen molar-refractivity contribution in [1.29, 1.82) is 0 Å². The lowest BCUT2D eigenvalue weighted by Crippen LogP contribution is -2.21.